The topological polar surface area (TPSA) is 42.1 Å². The smallest absolute Gasteiger partial charge is 0.152 e. The zero-order valence-electron chi connectivity index (χ0n) is 13.3. The lowest BCUT2D eigenvalue weighted by molar-refractivity contribution is 0.112. The predicted molar refractivity (Wildman–Crippen MR) is 89.9 cm³/mol. The monoisotopic (exact) mass is 293 g/mol. The Morgan fingerprint density at radius 3 is 2.50 bits per heavy atom. The number of carbonyl (C=O) groups excluding carboxylic acids is 1. The fraction of sp³-hybridized carbons (Fsp3) is 0.211. The van der Waals surface area contributed by atoms with Gasteiger partial charge in [0, 0.05) is 22.0 Å². The lowest BCUT2D eigenvalue weighted by Crippen LogP contribution is -1.91. The molecular formula is C19H19NO2. The highest BCUT2D eigenvalue weighted by Crippen LogP contribution is 2.36. The van der Waals surface area contributed by atoms with E-state index < -0.39 is 0 Å². The van der Waals surface area contributed by atoms with Crippen molar-refractivity contribution in [3.8, 4) is 17.0 Å². The van der Waals surface area contributed by atoms with Crippen molar-refractivity contribution in [2.75, 3.05) is 7.11 Å². The fourth-order valence-corrected chi connectivity index (χ4v) is 3.02. The van der Waals surface area contributed by atoms with Crippen LogP contribution in [0.1, 0.15) is 27.0 Å². The molecule has 0 saturated heterocycles. The number of aromatic amines is 1. The standard InChI is InChI=1S/C19H19NO2/c1-11-5-6-17(22-4)15(8-11)19-16(10-21)14-9-12(2)7-13(3)18(14)20-19/h5-10,20H,1-4H3. The lowest BCUT2D eigenvalue weighted by atomic mass is 10.0. The zero-order chi connectivity index (χ0) is 15.9. The number of aromatic nitrogens is 1. The van der Waals surface area contributed by atoms with E-state index in [4.69, 9.17) is 4.74 Å². The molecule has 0 bridgehead atoms. The molecule has 0 unspecified atom stereocenters. The molecule has 0 fully saturated rings. The van der Waals surface area contributed by atoms with Crippen molar-refractivity contribution in [2.24, 2.45) is 0 Å². The number of ether oxygens (including phenoxy) is 1. The number of H-pyrrole nitrogens is 1. The highest BCUT2D eigenvalue weighted by molar-refractivity contribution is 6.06. The van der Waals surface area contributed by atoms with Crippen LogP contribution >= 0.6 is 0 Å². The normalized spacial score (nSPS) is 10.9. The van der Waals surface area contributed by atoms with Crippen LogP contribution in [0.25, 0.3) is 22.2 Å². The molecule has 0 radical (unpaired) electrons. The molecule has 3 rings (SSSR count). The van der Waals surface area contributed by atoms with Crippen LogP contribution in [0.2, 0.25) is 0 Å². The van der Waals surface area contributed by atoms with Crippen molar-refractivity contribution in [1.29, 1.82) is 0 Å². The number of fused-ring (bicyclic) bond motifs is 1. The minimum absolute atomic E-state index is 0.686. The summed E-state index contributed by atoms with van der Waals surface area (Å²) in [5.74, 6) is 0.759. The number of hydrogen-bond acceptors (Lipinski definition) is 2. The van der Waals surface area contributed by atoms with Crippen molar-refractivity contribution in [1.82, 2.24) is 4.98 Å². The van der Waals surface area contributed by atoms with Crippen molar-refractivity contribution in [3.05, 3.63) is 52.6 Å². The van der Waals surface area contributed by atoms with Crippen LogP contribution in [0.5, 0.6) is 5.75 Å². The van der Waals surface area contributed by atoms with Crippen LogP contribution in [0.4, 0.5) is 0 Å². The molecule has 3 aromatic rings. The second-order valence-electron chi connectivity index (χ2n) is 5.74. The summed E-state index contributed by atoms with van der Waals surface area (Å²) in [5.41, 5.74) is 6.83. The third kappa shape index (κ3) is 2.19. The first-order valence-electron chi connectivity index (χ1n) is 7.28. The van der Waals surface area contributed by atoms with Crippen LogP contribution < -0.4 is 4.74 Å². The first-order valence-corrected chi connectivity index (χ1v) is 7.28. The molecule has 3 nitrogen and oxygen atoms in total. The molecule has 1 N–H and O–H groups in total. The third-order valence-corrected chi connectivity index (χ3v) is 4.03. The van der Waals surface area contributed by atoms with E-state index in [0.29, 0.717) is 5.56 Å². The van der Waals surface area contributed by atoms with Gasteiger partial charge in [-0.2, -0.15) is 0 Å². The van der Waals surface area contributed by atoms with E-state index in [1.807, 2.05) is 38.1 Å². The molecule has 0 aliphatic rings. The Bertz CT molecular complexity index is 875. The number of rotatable bonds is 3. The largest absolute Gasteiger partial charge is 0.496 e. The van der Waals surface area contributed by atoms with Crippen molar-refractivity contribution in [2.45, 2.75) is 20.8 Å². The van der Waals surface area contributed by atoms with Crippen LogP contribution in [0, 0.1) is 20.8 Å². The Morgan fingerprint density at radius 1 is 1.05 bits per heavy atom. The summed E-state index contributed by atoms with van der Waals surface area (Å²) in [6.45, 7) is 6.13. The molecule has 0 spiro atoms. The zero-order valence-corrected chi connectivity index (χ0v) is 13.3. The van der Waals surface area contributed by atoms with Gasteiger partial charge in [-0.15, -0.1) is 0 Å². The van der Waals surface area contributed by atoms with Gasteiger partial charge in [0.2, 0.25) is 0 Å². The summed E-state index contributed by atoms with van der Waals surface area (Å²) >= 11 is 0. The molecule has 1 aromatic heterocycles. The molecule has 0 saturated carbocycles. The Kier molecular flexibility index (Phi) is 3.49. The first-order chi connectivity index (χ1) is 10.5. The average Bonchev–Trinajstić information content (AvgIpc) is 2.85. The van der Waals surface area contributed by atoms with E-state index in [2.05, 4.69) is 18.0 Å². The van der Waals surface area contributed by atoms with Gasteiger partial charge in [-0.25, -0.2) is 0 Å². The van der Waals surface area contributed by atoms with Gasteiger partial charge >= 0.3 is 0 Å². The molecule has 112 valence electrons. The van der Waals surface area contributed by atoms with E-state index >= 15 is 0 Å². The second-order valence-corrected chi connectivity index (χ2v) is 5.74. The number of aldehydes is 1. The van der Waals surface area contributed by atoms with Crippen LogP contribution in [-0.2, 0) is 0 Å². The fourth-order valence-electron chi connectivity index (χ4n) is 3.02. The number of aryl methyl sites for hydroxylation is 3. The molecule has 0 atom stereocenters. The SMILES string of the molecule is COc1ccc(C)cc1-c1[nH]c2c(C)cc(C)cc2c1C=O. The van der Waals surface area contributed by atoms with E-state index in [1.54, 1.807) is 7.11 Å². The van der Waals surface area contributed by atoms with Gasteiger partial charge in [0.1, 0.15) is 5.75 Å². The van der Waals surface area contributed by atoms with Gasteiger partial charge in [0.15, 0.2) is 6.29 Å². The highest BCUT2D eigenvalue weighted by atomic mass is 16.5. The van der Waals surface area contributed by atoms with Gasteiger partial charge < -0.3 is 9.72 Å². The number of nitrogens with one attached hydrogen (secondary N) is 1. The molecule has 1 heterocycles. The highest BCUT2D eigenvalue weighted by Gasteiger charge is 2.17. The summed E-state index contributed by atoms with van der Waals surface area (Å²) in [7, 11) is 1.65. The van der Waals surface area contributed by atoms with Crippen molar-refractivity contribution >= 4 is 17.2 Å². The van der Waals surface area contributed by atoms with E-state index in [-0.39, 0.29) is 0 Å². The predicted octanol–water partition coefficient (Wildman–Crippen LogP) is 4.58. The summed E-state index contributed by atoms with van der Waals surface area (Å²) in [5, 5.41) is 0.964. The molecular weight excluding hydrogens is 274 g/mol. The van der Waals surface area contributed by atoms with Gasteiger partial charge in [0.05, 0.1) is 12.8 Å². The Labute approximate surface area is 129 Å². The molecule has 0 aliphatic carbocycles. The minimum Gasteiger partial charge on any atom is -0.496 e. The van der Waals surface area contributed by atoms with E-state index in [0.717, 1.165) is 50.9 Å². The maximum atomic E-state index is 11.7. The quantitative estimate of drug-likeness (QED) is 0.718. The summed E-state index contributed by atoms with van der Waals surface area (Å²) in [6.07, 6.45) is 0.925. The summed E-state index contributed by atoms with van der Waals surface area (Å²) in [6, 6.07) is 10.1. The third-order valence-electron chi connectivity index (χ3n) is 4.03. The van der Waals surface area contributed by atoms with Crippen molar-refractivity contribution < 1.29 is 9.53 Å². The van der Waals surface area contributed by atoms with Gasteiger partial charge in [-0.1, -0.05) is 23.3 Å². The Morgan fingerprint density at radius 2 is 1.82 bits per heavy atom. The lowest BCUT2D eigenvalue weighted by Gasteiger charge is -2.09. The summed E-state index contributed by atoms with van der Waals surface area (Å²) in [4.78, 5) is 15.1. The van der Waals surface area contributed by atoms with Crippen LogP contribution in [-0.4, -0.2) is 18.4 Å². The van der Waals surface area contributed by atoms with Crippen molar-refractivity contribution in [3.63, 3.8) is 0 Å². The Hall–Kier alpha value is -2.55. The molecule has 22 heavy (non-hydrogen) atoms. The molecule has 3 heteroatoms. The number of hydrogen-bond donors (Lipinski definition) is 1. The van der Waals surface area contributed by atoms with Gasteiger partial charge in [-0.3, -0.25) is 4.79 Å². The number of carbonyl (C=O) groups is 1. The maximum absolute atomic E-state index is 11.7. The van der Waals surface area contributed by atoms with Gasteiger partial charge in [-0.05, 0) is 44.5 Å². The average molecular weight is 293 g/mol. The van der Waals surface area contributed by atoms with Gasteiger partial charge in [0.25, 0.3) is 0 Å². The first kappa shape index (κ1) is 14.4. The minimum atomic E-state index is 0.686. The summed E-state index contributed by atoms with van der Waals surface area (Å²) < 4.78 is 5.47. The Balaban J connectivity index is 2.39. The molecule has 2 aromatic carbocycles. The second kappa shape index (κ2) is 5.34. The van der Waals surface area contributed by atoms with Crippen LogP contribution in [0.15, 0.2) is 30.3 Å². The van der Waals surface area contributed by atoms with E-state index in [9.17, 15) is 4.79 Å². The van der Waals surface area contributed by atoms with E-state index in [1.165, 1.54) is 0 Å². The van der Waals surface area contributed by atoms with Crippen LogP contribution in [0.3, 0.4) is 0 Å². The molecule has 0 aliphatic heterocycles. The molecule has 0 amide bonds. The number of benzene rings is 2. The number of methoxy groups -OCH3 is 1. The maximum Gasteiger partial charge on any atom is 0.152 e.